The molecule has 0 spiro atoms. The van der Waals surface area contributed by atoms with Crippen molar-refractivity contribution in [3.63, 3.8) is 0 Å². The molecule has 0 rings (SSSR count). The van der Waals surface area contributed by atoms with Crippen LogP contribution >= 0.6 is 0 Å². The molecule has 0 aromatic heterocycles. The van der Waals surface area contributed by atoms with Crippen LogP contribution in [0.5, 0.6) is 0 Å². The maximum atomic E-state index is 12.6. The van der Waals surface area contributed by atoms with Crippen LogP contribution in [0.3, 0.4) is 0 Å². The van der Waals surface area contributed by atoms with E-state index in [1.807, 2.05) is 0 Å². The van der Waals surface area contributed by atoms with Crippen molar-refractivity contribution >= 4 is 11.9 Å². The molecule has 542 valence electrons. The zero-order valence-electron chi connectivity index (χ0n) is 62.4. The highest BCUT2D eigenvalue weighted by Crippen LogP contribution is 2.21. The predicted molar refractivity (Wildman–Crippen MR) is 403 cm³/mol. The summed E-state index contributed by atoms with van der Waals surface area (Å²) in [4.78, 5) is 24.7. The quantitative estimate of drug-likeness (QED) is 0.0320. The van der Waals surface area contributed by atoms with Gasteiger partial charge in [-0.25, -0.2) is 0 Å². The molecule has 3 N–H and O–H groups in total. The summed E-state index contributed by atoms with van der Waals surface area (Å²) in [5.41, 5.74) is 0. The molecule has 0 aliphatic heterocycles. The number of hydrogen-bond acceptors (Lipinski definition) is 5. The minimum Gasteiger partial charge on any atom is -0.466 e. The fourth-order valence-corrected chi connectivity index (χ4v) is 13.9. The van der Waals surface area contributed by atoms with E-state index in [0.717, 1.165) is 38.5 Å². The van der Waals surface area contributed by atoms with Crippen LogP contribution in [0.2, 0.25) is 0 Å². The van der Waals surface area contributed by atoms with Crippen molar-refractivity contribution < 1.29 is 24.5 Å². The molecule has 0 fully saturated rings. The van der Waals surface area contributed by atoms with Gasteiger partial charge in [-0.15, -0.1) is 0 Å². The van der Waals surface area contributed by atoms with Gasteiger partial charge in [-0.3, -0.25) is 9.59 Å². The van der Waals surface area contributed by atoms with E-state index in [4.69, 9.17) is 4.74 Å². The predicted octanol–water partition coefficient (Wildman–Crippen LogP) is 28.2. The third kappa shape index (κ3) is 77.5. The standard InChI is InChI=1S/C85H167NO5/c1-3-5-7-9-11-13-15-17-19-21-22-23-24-36-39-42-46-49-53-57-61-65-69-73-77-83(88)82(81-87)86-84(89)78-74-70-66-62-58-54-50-47-43-40-37-34-32-30-28-26-25-27-29-31-33-35-38-41-44-48-52-56-60-64-68-72-76-80-91-85(90)79-75-71-67-63-59-55-51-45-20-18-16-14-12-10-8-6-4-2/h18,20,82-83,87-88H,3-17,19,21-81H2,1-2H3,(H,86,89)/b20-18-. The van der Waals surface area contributed by atoms with Crippen molar-refractivity contribution in [2.75, 3.05) is 13.2 Å². The van der Waals surface area contributed by atoms with E-state index >= 15 is 0 Å². The van der Waals surface area contributed by atoms with Gasteiger partial charge in [0.05, 0.1) is 25.4 Å². The summed E-state index contributed by atoms with van der Waals surface area (Å²) >= 11 is 0. The van der Waals surface area contributed by atoms with E-state index in [-0.39, 0.29) is 18.5 Å². The minimum atomic E-state index is -0.662. The molecule has 6 nitrogen and oxygen atoms in total. The van der Waals surface area contributed by atoms with Crippen LogP contribution in [0.15, 0.2) is 12.2 Å². The Balaban J connectivity index is 3.32. The Morgan fingerprint density at radius 1 is 0.297 bits per heavy atom. The van der Waals surface area contributed by atoms with Crippen LogP contribution in [-0.4, -0.2) is 47.4 Å². The molecule has 0 aromatic rings. The molecule has 0 aromatic carbocycles. The minimum absolute atomic E-state index is 0.0199. The number of carbonyl (C=O) groups is 2. The van der Waals surface area contributed by atoms with E-state index in [9.17, 15) is 19.8 Å². The second kappa shape index (κ2) is 81.0. The first kappa shape index (κ1) is 89.6. The van der Waals surface area contributed by atoms with Gasteiger partial charge < -0.3 is 20.3 Å². The third-order valence-corrected chi connectivity index (χ3v) is 20.3. The van der Waals surface area contributed by atoms with Gasteiger partial charge in [-0.1, -0.05) is 443 Å². The third-order valence-electron chi connectivity index (χ3n) is 20.3. The van der Waals surface area contributed by atoms with Gasteiger partial charge in [0.2, 0.25) is 5.91 Å². The molecule has 0 bridgehead atoms. The highest BCUT2D eigenvalue weighted by molar-refractivity contribution is 5.76. The molecular formula is C85H167NO5. The number of unbranched alkanes of at least 4 members (excludes halogenated alkanes) is 68. The second-order valence-electron chi connectivity index (χ2n) is 29.5. The van der Waals surface area contributed by atoms with E-state index in [0.29, 0.717) is 25.9 Å². The smallest absolute Gasteiger partial charge is 0.305 e. The SMILES string of the molecule is CCCCCCCC/C=C\CCCCCCCCCC(=O)OCCCCCCCCCCCCCCCCCCCCCCCCCCCCCCCCCCCC(=O)NC(CO)C(O)CCCCCCCCCCCCCCCCCCCCCCCCCC. The highest BCUT2D eigenvalue weighted by atomic mass is 16.5. The van der Waals surface area contributed by atoms with Gasteiger partial charge in [-0.2, -0.15) is 0 Å². The Morgan fingerprint density at radius 2 is 0.516 bits per heavy atom. The van der Waals surface area contributed by atoms with Gasteiger partial charge in [0.15, 0.2) is 0 Å². The first-order chi connectivity index (χ1) is 45.0. The van der Waals surface area contributed by atoms with Crippen LogP contribution in [0.25, 0.3) is 0 Å². The number of carbonyl (C=O) groups excluding carboxylic acids is 2. The molecule has 2 atom stereocenters. The summed E-state index contributed by atoms with van der Waals surface area (Å²) in [7, 11) is 0. The molecule has 0 saturated heterocycles. The van der Waals surface area contributed by atoms with Crippen molar-refractivity contribution in [2.45, 2.75) is 508 Å². The molecule has 0 radical (unpaired) electrons. The average Bonchev–Trinajstić information content (AvgIpc) is 3.73. The number of nitrogens with one attached hydrogen (secondary N) is 1. The molecule has 0 aliphatic rings. The summed E-state index contributed by atoms with van der Waals surface area (Å²) in [5, 5.41) is 23.5. The topological polar surface area (TPSA) is 95.9 Å². The molecule has 91 heavy (non-hydrogen) atoms. The number of rotatable bonds is 81. The number of ether oxygens (including phenoxy) is 1. The second-order valence-corrected chi connectivity index (χ2v) is 29.5. The van der Waals surface area contributed by atoms with E-state index < -0.39 is 12.1 Å². The largest absolute Gasteiger partial charge is 0.466 e. The molecule has 0 heterocycles. The van der Waals surface area contributed by atoms with E-state index in [2.05, 4.69) is 31.3 Å². The van der Waals surface area contributed by atoms with Gasteiger partial charge in [0.1, 0.15) is 0 Å². The zero-order chi connectivity index (χ0) is 65.6. The first-order valence-corrected chi connectivity index (χ1v) is 42.4. The zero-order valence-corrected chi connectivity index (χ0v) is 62.4. The summed E-state index contributed by atoms with van der Waals surface area (Å²) in [6.45, 7) is 5.01. The summed E-state index contributed by atoms with van der Waals surface area (Å²) in [6.07, 6.45) is 103. The molecular weight excluding hydrogens is 1110 g/mol. The Kier molecular flexibility index (Phi) is 79.8. The summed E-state index contributed by atoms with van der Waals surface area (Å²) in [6, 6.07) is -0.539. The summed E-state index contributed by atoms with van der Waals surface area (Å²) < 4.78 is 5.51. The molecule has 0 aliphatic carbocycles. The molecule has 0 saturated carbocycles. The Labute approximate surface area is 571 Å². The monoisotopic (exact) mass is 1280 g/mol. The maximum absolute atomic E-state index is 12.6. The highest BCUT2D eigenvalue weighted by Gasteiger charge is 2.20. The lowest BCUT2D eigenvalue weighted by Gasteiger charge is -2.22. The van der Waals surface area contributed by atoms with Crippen molar-refractivity contribution in [1.29, 1.82) is 0 Å². The molecule has 1 amide bonds. The Bertz CT molecular complexity index is 1380. The maximum Gasteiger partial charge on any atom is 0.305 e. The van der Waals surface area contributed by atoms with Crippen LogP contribution in [0.4, 0.5) is 0 Å². The van der Waals surface area contributed by atoms with Crippen LogP contribution in [0.1, 0.15) is 495 Å². The van der Waals surface area contributed by atoms with E-state index in [1.54, 1.807) is 0 Å². The fraction of sp³-hybridized carbons (Fsp3) is 0.953. The van der Waals surface area contributed by atoms with Crippen molar-refractivity contribution in [2.24, 2.45) is 0 Å². The number of allylic oxidation sites excluding steroid dienone is 2. The Morgan fingerprint density at radius 3 is 0.780 bits per heavy atom. The van der Waals surface area contributed by atoms with Gasteiger partial charge in [-0.05, 0) is 51.4 Å². The molecule has 2 unspecified atom stereocenters. The lowest BCUT2D eigenvalue weighted by Crippen LogP contribution is -2.45. The number of hydrogen-bond donors (Lipinski definition) is 3. The van der Waals surface area contributed by atoms with Gasteiger partial charge >= 0.3 is 5.97 Å². The normalized spacial score (nSPS) is 12.4. The number of amides is 1. The van der Waals surface area contributed by atoms with Crippen LogP contribution < -0.4 is 5.32 Å². The van der Waals surface area contributed by atoms with Crippen LogP contribution in [-0.2, 0) is 14.3 Å². The lowest BCUT2D eigenvalue weighted by atomic mass is 10.0. The van der Waals surface area contributed by atoms with Crippen molar-refractivity contribution in [3.8, 4) is 0 Å². The average molecular weight is 1280 g/mol. The number of esters is 1. The van der Waals surface area contributed by atoms with Crippen molar-refractivity contribution in [3.05, 3.63) is 12.2 Å². The number of aliphatic hydroxyl groups excluding tert-OH is 2. The lowest BCUT2D eigenvalue weighted by molar-refractivity contribution is -0.143. The first-order valence-electron chi connectivity index (χ1n) is 42.4. The van der Waals surface area contributed by atoms with Gasteiger partial charge in [0, 0.05) is 12.8 Å². The summed E-state index contributed by atoms with van der Waals surface area (Å²) in [5.74, 6) is -0.00373. The van der Waals surface area contributed by atoms with Crippen molar-refractivity contribution in [1.82, 2.24) is 5.32 Å². The Hall–Kier alpha value is -1.40. The number of aliphatic hydroxyl groups is 2. The fourth-order valence-electron chi connectivity index (χ4n) is 13.9. The molecule has 6 heteroatoms. The van der Waals surface area contributed by atoms with E-state index in [1.165, 1.54) is 424 Å². The van der Waals surface area contributed by atoms with Gasteiger partial charge in [0.25, 0.3) is 0 Å². The van der Waals surface area contributed by atoms with Crippen LogP contribution in [0, 0.1) is 0 Å².